The number of aryl methyl sites for hydroxylation is 1. The topological polar surface area (TPSA) is 60.3 Å². The van der Waals surface area contributed by atoms with Crippen LogP contribution < -0.4 is 4.74 Å². The van der Waals surface area contributed by atoms with Crippen molar-refractivity contribution in [3.05, 3.63) is 102 Å². The van der Waals surface area contributed by atoms with Gasteiger partial charge in [0, 0.05) is 12.7 Å². The van der Waals surface area contributed by atoms with E-state index in [4.69, 9.17) is 4.74 Å². The van der Waals surface area contributed by atoms with E-state index < -0.39 is 0 Å². The maximum absolute atomic E-state index is 13.3. The van der Waals surface area contributed by atoms with Crippen LogP contribution in [0.15, 0.2) is 84.0 Å². The molecule has 1 amide bonds. The molecule has 0 N–H and O–H groups in total. The van der Waals surface area contributed by atoms with Crippen molar-refractivity contribution in [2.24, 2.45) is 0 Å². The molecule has 8 heteroatoms. The van der Waals surface area contributed by atoms with Gasteiger partial charge in [-0.25, -0.2) is 4.39 Å². The third-order valence-electron chi connectivity index (χ3n) is 5.82. The van der Waals surface area contributed by atoms with Crippen molar-refractivity contribution < 1.29 is 13.9 Å². The van der Waals surface area contributed by atoms with Crippen LogP contribution in [0, 0.1) is 12.7 Å². The minimum absolute atomic E-state index is 0.0628. The van der Waals surface area contributed by atoms with E-state index >= 15 is 0 Å². The molecule has 0 radical (unpaired) electrons. The monoisotopic (exact) mass is 490 g/mol. The minimum atomic E-state index is -0.298. The summed E-state index contributed by atoms with van der Waals surface area (Å²) in [6, 6.07) is 23.6. The predicted octanol–water partition coefficient (Wildman–Crippen LogP) is 5.61. The molecule has 0 saturated heterocycles. The molecule has 0 unspecified atom stereocenters. The first-order valence-corrected chi connectivity index (χ1v) is 12.2. The molecular weight excluding hydrogens is 463 g/mol. The van der Waals surface area contributed by atoms with Gasteiger partial charge in [-0.2, -0.15) is 0 Å². The Labute approximate surface area is 208 Å². The van der Waals surface area contributed by atoms with Crippen molar-refractivity contribution in [2.75, 3.05) is 12.8 Å². The summed E-state index contributed by atoms with van der Waals surface area (Å²) < 4.78 is 21.2. The first-order valence-electron chi connectivity index (χ1n) is 11.3. The molecule has 4 aromatic rings. The van der Waals surface area contributed by atoms with Gasteiger partial charge in [-0.15, -0.1) is 10.2 Å². The van der Waals surface area contributed by atoms with Crippen LogP contribution in [0.1, 0.15) is 29.9 Å². The Morgan fingerprint density at radius 3 is 2.43 bits per heavy atom. The van der Waals surface area contributed by atoms with Gasteiger partial charge in [0.15, 0.2) is 11.0 Å². The molecule has 0 aliphatic rings. The average molecular weight is 491 g/mol. The van der Waals surface area contributed by atoms with Gasteiger partial charge in [-0.05, 0) is 55.3 Å². The van der Waals surface area contributed by atoms with Crippen molar-refractivity contribution in [3.63, 3.8) is 0 Å². The Balaban J connectivity index is 1.49. The molecule has 0 saturated carbocycles. The Morgan fingerprint density at radius 1 is 1.03 bits per heavy atom. The van der Waals surface area contributed by atoms with Gasteiger partial charge in [0.05, 0.1) is 11.8 Å². The van der Waals surface area contributed by atoms with Gasteiger partial charge in [0.25, 0.3) is 0 Å². The smallest absolute Gasteiger partial charge is 0.233 e. The van der Waals surface area contributed by atoms with Gasteiger partial charge in [0.2, 0.25) is 5.91 Å². The number of para-hydroxylation sites is 2. The largest absolute Gasteiger partial charge is 0.485 e. The van der Waals surface area contributed by atoms with Gasteiger partial charge < -0.3 is 9.64 Å². The molecule has 0 aliphatic heterocycles. The Kier molecular flexibility index (Phi) is 7.82. The Morgan fingerprint density at radius 2 is 1.71 bits per heavy atom. The van der Waals surface area contributed by atoms with Crippen molar-refractivity contribution in [1.29, 1.82) is 0 Å². The summed E-state index contributed by atoms with van der Waals surface area (Å²) >= 11 is 1.32. The zero-order chi connectivity index (χ0) is 24.8. The van der Waals surface area contributed by atoms with Crippen LogP contribution in [0.5, 0.6) is 5.75 Å². The summed E-state index contributed by atoms with van der Waals surface area (Å²) in [6.45, 7) is 4.15. The minimum Gasteiger partial charge on any atom is -0.485 e. The second kappa shape index (κ2) is 11.2. The summed E-state index contributed by atoms with van der Waals surface area (Å²) in [5, 5.41) is 9.32. The lowest BCUT2D eigenvalue weighted by molar-refractivity contribution is -0.128. The quantitative estimate of drug-likeness (QED) is 0.286. The van der Waals surface area contributed by atoms with Gasteiger partial charge >= 0.3 is 0 Å². The molecule has 0 bridgehead atoms. The number of nitrogens with zero attached hydrogens (tertiary/aromatic N) is 4. The second-order valence-electron chi connectivity index (χ2n) is 8.14. The fraction of sp³-hybridized carbons (Fsp3) is 0.222. The fourth-order valence-electron chi connectivity index (χ4n) is 3.59. The molecule has 1 atom stereocenters. The number of rotatable bonds is 9. The van der Waals surface area contributed by atoms with Crippen molar-refractivity contribution in [2.45, 2.75) is 31.7 Å². The Bertz CT molecular complexity index is 1280. The van der Waals surface area contributed by atoms with E-state index in [9.17, 15) is 9.18 Å². The van der Waals surface area contributed by atoms with E-state index in [2.05, 4.69) is 10.2 Å². The molecule has 0 fully saturated rings. The van der Waals surface area contributed by atoms with Crippen molar-refractivity contribution in [3.8, 4) is 11.4 Å². The van der Waals surface area contributed by atoms with Crippen LogP contribution in [0.3, 0.4) is 0 Å². The van der Waals surface area contributed by atoms with Gasteiger partial charge in [-0.3, -0.25) is 9.36 Å². The molecule has 1 heterocycles. The number of hydrogen-bond acceptors (Lipinski definition) is 5. The molecule has 4 rings (SSSR count). The number of aromatic nitrogens is 3. The van der Waals surface area contributed by atoms with Gasteiger partial charge in [-0.1, -0.05) is 60.3 Å². The lowest BCUT2D eigenvalue weighted by Gasteiger charge is -2.25. The number of ether oxygens (including phenoxy) is 1. The maximum Gasteiger partial charge on any atom is 0.233 e. The highest BCUT2D eigenvalue weighted by Gasteiger charge is 2.21. The van der Waals surface area contributed by atoms with Gasteiger partial charge in [0.1, 0.15) is 18.2 Å². The summed E-state index contributed by atoms with van der Waals surface area (Å²) in [7, 11) is 1.75. The highest BCUT2D eigenvalue weighted by molar-refractivity contribution is 7.99. The SMILES string of the molecule is Cc1ccccc1OCc1nnc(SCC(=O)N(C)[C@H](C)c2ccc(F)cc2)n1-c1ccccc1. The predicted molar refractivity (Wildman–Crippen MR) is 135 cm³/mol. The number of thioether (sulfide) groups is 1. The number of benzene rings is 3. The molecule has 6 nitrogen and oxygen atoms in total. The zero-order valence-corrected chi connectivity index (χ0v) is 20.7. The molecule has 35 heavy (non-hydrogen) atoms. The van der Waals surface area contributed by atoms with Crippen LogP contribution >= 0.6 is 11.8 Å². The molecule has 180 valence electrons. The molecule has 0 spiro atoms. The van der Waals surface area contributed by atoms with Crippen molar-refractivity contribution >= 4 is 17.7 Å². The number of amides is 1. The Hall–Kier alpha value is -3.65. The van der Waals surface area contributed by atoms with E-state index in [1.807, 2.05) is 73.0 Å². The normalized spacial score (nSPS) is 11.8. The van der Waals surface area contributed by atoms with E-state index in [-0.39, 0.29) is 30.1 Å². The van der Waals surface area contributed by atoms with E-state index in [0.29, 0.717) is 11.0 Å². The maximum atomic E-state index is 13.3. The van der Waals surface area contributed by atoms with E-state index in [0.717, 1.165) is 22.6 Å². The first-order chi connectivity index (χ1) is 16.9. The third kappa shape index (κ3) is 5.89. The fourth-order valence-corrected chi connectivity index (χ4v) is 4.49. The first kappa shape index (κ1) is 24.5. The molecule has 3 aromatic carbocycles. The number of carbonyl (C=O) groups excluding carboxylic acids is 1. The average Bonchev–Trinajstić information content (AvgIpc) is 3.29. The molecule has 0 aliphatic carbocycles. The highest BCUT2D eigenvalue weighted by atomic mass is 32.2. The standard InChI is InChI=1S/C27H27FN4O2S/c1-19-9-7-8-12-24(19)34-17-25-29-30-27(32(25)23-10-5-4-6-11-23)35-18-26(33)31(3)20(2)21-13-15-22(28)16-14-21/h4-16,20H,17-18H2,1-3H3/t20-/m1/s1. The summed E-state index contributed by atoms with van der Waals surface area (Å²) in [5.74, 6) is 1.25. The van der Waals surface area contributed by atoms with Crippen LogP contribution in [0.4, 0.5) is 4.39 Å². The van der Waals surface area contributed by atoms with Crippen LogP contribution in [0.2, 0.25) is 0 Å². The lowest BCUT2D eigenvalue weighted by Crippen LogP contribution is -2.31. The summed E-state index contributed by atoms with van der Waals surface area (Å²) in [6.07, 6.45) is 0. The van der Waals surface area contributed by atoms with Crippen molar-refractivity contribution in [1.82, 2.24) is 19.7 Å². The molecule has 1 aromatic heterocycles. The molecular formula is C27H27FN4O2S. The van der Waals surface area contributed by atoms with Crippen LogP contribution in [0.25, 0.3) is 5.69 Å². The van der Waals surface area contributed by atoms with Crippen LogP contribution in [-0.2, 0) is 11.4 Å². The van der Waals surface area contributed by atoms with E-state index in [1.54, 1.807) is 24.1 Å². The summed E-state index contributed by atoms with van der Waals surface area (Å²) in [4.78, 5) is 14.6. The second-order valence-corrected chi connectivity index (χ2v) is 9.09. The number of carbonyl (C=O) groups is 1. The lowest BCUT2D eigenvalue weighted by atomic mass is 10.1. The highest BCUT2D eigenvalue weighted by Crippen LogP contribution is 2.26. The zero-order valence-electron chi connectivity index (χ0n) is 19.9. The summed E-state index contributed by atoms with van der Waals surface area (Å²) in [5.41, 5.74) is 2.80. The van der Waals surface area contributed by atoms with Crippen LogP contribution in [-0.4, -0.2) is 38.4 Å². The number of halogens is 1. The third-order valence-corrected chi connectivity index (χ3v) is 6.73. The van der Waals surface area contributed by atoms with E-state index in [1.165, 1.54) is 23.9 Å². The number of hydrogen-bond donors (Lipinski definition) is 0.